The van der Waals surface area contributed by atoms with E-state index in [-0.39, 0.29) is 6.10 Å². The molecule has 19 heavy (non-hydrogen) atoms. The van der Waals surface area contributed by atoms with E-state index in [0.717, 1.165) is 16.5 Å². The van der Waals surface area contributed by atoms with E-state index in [0.29, 0.717) is 11.8 Å². The molecule has 2 aromatic carbocycles. The summed E-state index contributed by atoms with van der Waals surface area (Å²) >= 11 is 3.50. The van der Waals surface area contributed by atoms with Crippen molar-refractivity contribution in [3.8, 4) is 0 Å². The molecule has 0 saturated heterocycles. The first kappa shape index (κ1) is 12.9. The number of hydrogen-bond donors (Lipinski definition) is 1. The van der Waals surface area contributed by atoms with Crippen molar-refractivity contribution in [3.05, 3.63) is 69.7 Å². The summed E-state index contributed by atoms with van der Waals surface area (Å²) in [5.74, 6) is 0.878. The lowest BCUT2D eigenvalue weighted by atomic mass is 10.00. The molecule has 3 unspecified atom stereocenters. The van der Waals surface area contributed by atoms with Gasteiger partial charge in [0.05, 0.1) is 6.10 Å². The Hall–Kier alpha value is -1.12. The highest BCUT2D eigenvalue weighted by atomic mass is 79.9. The van der Waals surface area contributed by atoms with Crippen molar-refractivity contribution in [1.82, 2.24) is 0 Å². The van der Waals surface area contributed by atoms with Gasteiger partial charge in [-0.2, -0.15) is 0 Å². The van der Waals surface area contributed by atoms with Crippen molar-refractivity contribution in [2.24, 2.45) is 5.92 Å². The zero-order chi connectivity index (χ0) is 13.4. The predicted octanol–water partition coefficient (Wildman–Crippen LogP) is 4.59. The third-order valence-electron chi connectivity index (χ3n) is 4.00. The molecule has 1 N–H and O–H groups in total. The van der Waals surface area contributed by atoms with E-state index in [4.69, 9.17) is 0 Å². The Kier molecular flexibility index (Phi) is 3.46. The lowest BCUT2D eigenvalue weighted by Gasteiger charge is -2.12. The monoisotopic (exact) mass is 316 g/mol. The standard InChI is InChI=1S/C17H17BrO/c1-11-9-13(7-8-16(11)18)17(19)15-10-14(15)12-5-3-2-4-6-12/h2-9,14-15,17,19H,10H2,1H3. The van der Waals surface area contributed by atoms with Crippen molar-refractivity contribution >= 4 is 15.9 Å². The zero-order valence-corrected chi connectivity index (χ0v) is 12.5. The van der Waals surface area contributed by atoms with Crippen LogP contribution in [0.3, 0.4) is 0 Å². The number of halogens is 1. The van der Waals surface area contributed by atoms with Crippen LogP contribution in [0, 0.1) is 12.8 Å². The maximum atomic E-state index is 10.5. The van der Waals surface area contributed by atoms with Crippen molar-refractivity contribution in [3.63, 3.8) is 0 Å². The van der Waals surface area contributed by atoms with E-state index in [1.807, 2.05) is 18.2 Å². The minimum atomic E-state index is -0.350. The van der Waals surface area contributed by atoms with Gasteiger partial charge >= 0.3 is 0 Å². The number of hydrogen-bond acceptors (Lipinski definition) is 1. The highest BCUT2D eigenvalue weighted by Crippen LogP contribution is 2.54. The van der Waals surface area contributed by atoms with E-state index >= 15 is 0 Å². The highest BCUT2D eigenvalue weighted by Gasteiger charge is 2.43. The SMILES string of the molecule is Cc1cc(C(O)C2CC2c2ccccc2)ccc1Br. The zero-order valence-electron chi connectivity index (χ0n) is 10.9. The Bertz CT molecular complexity index is 579. The van der Waals surface area contributed by atoms with Gasteiger partial charge in [-0.15, -0.1) is 0 Å². The van der Waals surface area contributed by atoms with Gasteiger partial charge in [0.1, 0.15) is 0 Å². The summed E-state index contributed by atoms with van der Waals surface area (Å²) in [5, 5.41) is 10.5. The Morgan fingerprint density at radius 2 is 1.89 bits per heavy atom. The first-order valence-electron chi connectivity index (χ1n) is 6.66. The number of aliphatic hydroxyl groups excluding tert-OH is 1. The lowest BCUT2D eigenvalue weighted by Crippen LogP contribution is -2.01. The molecule has 2 heteroatoms. The predicted molar refractivity (Wildman–Crippen MR) is 81.1 cm³/mol. The molecule has 2 aromatic rings. The third-order valence-corrected chi connectivity index (χ3v) is 4.89. The molecule has 1 fully saturated rings. The van der Waals surface area contributed by atoms with Gasteiger partial charge in [0.25, 0.3) is 0 Å². The summed E-state index contributed by atoms with van der Waals surface area (Å²) in [4.78, 5) is 0. The van der Waals surface area contributed by atoms with Crippen molar-refractivity contribution in [2.45, 2.75) is 25.4 Å². The number of rotatable bonds is 3. The molecule has 0 spiro atoms. The fraction of sp³-hybridized carbons (Fsp3) is 0.294. The maximum Gasteiger partial charge on any atom is 0.0824 e. The van der Waals surface area contributed by atoms with E-state index in [1.165, 1.54) is 11.1 Å². The fourth-order valence-electron chi connectivity index (χ4n) is 2.75. The largest absolute Gasteiger partial charge is 0.388 e. The van der Waals surface area contributed by atoms with Crippen molar-refractivity contribution in [2.75, 3.05) is 0 Å². The average Bonchev–Trinajstić information content (AvgIpc) is 3.22. The second-order valence-electron chi connectivity index (χ2n) is 5.37. The molecule has 1 aliphatic carbocycles. The molecular formula is C17H17BrO. The Morgan fingerprint density at radius 3 is 2.58 bits per heavy atom. The van der Waals surface area contributed by atoms with E-state index in [1.54, 1.807) is 0 Å². The fourth-order valence-corrected chi connectivity index (χ4v) is 2.99. The lowest BCUT2D eigenvalue weighted by molar-refractivity contribution is 0.151. The summed E-state index contributed by atoms with van der Waals surface area (Å²) in [6.45, 7) is 2.06. The van der Waals surface area contributed by atoms with Crippen molar-refractivity contribution < 1.29 is 5.11 Å². The minimum absolute atomic E-state index is 0.350. The van der Waals surface area contributed by atoms with Gasteiger partial charge in [-0.3, -0.25) is 0 Å². The van der Waals surface area contributed by atoms with Crippen LogP contribution < -0.4 is 0 Å². The molecule has 3 rings (SSSR count). The van der Waals surface area contributed by atoms with Gasteiger partial charge in [0, 0.05) is 4.47 Å². The third kappa shape index (κ3) is 2.60. The van der Waals surface area contributed by atoms with Gasteiger partial charge in [0.2, 0.25) is 0 Å². The van der Waals surface area contributed by atoms with Crippen LogP contribution in [-0.2, 0) is 0 Å². The summed E-state index contributed by atoms with van der Waals surface area (Å²) in [6, 6.07) is 16.6. The molecule has 0 heterocycles. The number of aliphatic hydroxyl groups is 1. The van der Waals surface area contributed by atoms with Crippen molar-refractivity contribution in [1.29, 1.82) is 0 Å². The molecule has 1 nitrogen and oxygen atoms in total. The van der Waals surface area contributed by atoms with E-state index in [2.05, 4.69) is 53.2 Å². The summed E-state index contributed by atoms with van der Waals surface area (Å²) < 4.78 is 1.10. The molecule has 0 bridgehead atoms. The molecule has 1 saturated carbocycles. The van der Waals surface area contributed by atoms with Crippen LogP contribution in [0.15, 0.2) is 53.0 Å². The molecule has 0 aromatic heterocycles. The quantitative estimate of drug-likeness (QED) is 0.877. The highest BCUT2D eigenvalue weighted by molar-refractivity contribution is 9.10. The van der Waals surface area contributed by atoms with Crippen LogP contribution in [0.1, 0.15) is 35.1 Å². The Labute approximate surface area is 122 Å². The second kappa shape index (κ2) is 5.10. The average molecular weight is 317 g/mol. The van der Waals surface area contributed by atoms with Crippen LogP contribution >= 0.6 is 15.9 Å². The minimum Gasteiger partial charge on any atom is -0.388 e. The van der Waals surface area contributed by atoms with Gasteiger partial charge in [-0.25, -0.2) is 0 Å². The normalized spacial score (nSPS) is 23.1. The molecular weight excluding hydrogens is 300 g/mol. The summed E-state index contributed by atoms with van der Waals surface area (Å²) in [5.41, 5.74) is 3.55. The van der Waals surface area contributed by atoms with E-state index in [9.17, 15) is 5.11 Å². The van der Waals surface area contributed by atoms with Gasteiger partial charge in [-0.1, -0.05) is 58.4 Å². The van der Waals surface area contributed by atoms with Crippen LogP contribution in [0.2, 0.25) is 0 Å². The maximum absolute atomic E-state index is 10.5. The first-order valence-corrected chi connectivity index (χ1v) is 7.45. The topological polar surface area (TPSA) is 20.2 Å². The van der Waals surface area contributed by atoms with E-state index < -0.39 is 0 Å². The summed E-state index contributed by atoms with van der Waals surface area (Å²) in [7, 11) is 0. The van der Waals surface area contributed by atoms with Crippen LogP contribution in [0.4, 0.5) is 0 Å². The number of benzene rings is 2. The first-order chi connectivity index (χ1) is 9.16. The molecule has 1 aliphatic rings. The molecule has 3 atom stereocenters. The second-order valence-corrected chi connectivity index (χ2v) is 6.22. The molecule has 98 valence electrons. The van der Waals surface area contributed by atoms with Crippen LogP contribution in [0.5, 0.6) is 0 Å². The van der Waals surface area contributed by atoms with Crippen LogP contribution in [-0.4, -0.2) is 5.11 Å². The Balaban J connectivity index is 1.76. The molecule has 0 aliphatic heterocycles. The van der Waals surface area contributed by atoms with Gasteiger partial charge < -0.3 is 5.11 Å². The molecule has 0 amide bonds. The van der Waals surface area contributed by atoms with Gasteiger partial charge in [0.15, 0.2) is 0 Å². The molecule has 0 radical (unpaired) electrons. The smallest absolute Gasteiger partial charge is 0.0824 e. The Morgan fingerprint density at radius 1 is 1.16 bits per heavy atom. The van der Waals surface area contributed by atoms with Gasteiger partial charge in [-0.05, 0) is 47.9 Å². The summed E-state index contributed by atoms with van der Waals surface area (Å²) in [6.07, 6.45) is 0.734. The number of aryl methyl sites for hydroxylation is 1. The van der Waals surface area contributed by atoms with Crippen LogP contribution in [0.25, 0.3) is 0 Å².